The maximum Gasteiger partial charge on any atom is 0.244 e. The van der Waals surface area contributed by atoms with Crippen molar-refractivity contribution in [2.45, 2.75) is 39.2 Å². The van der Waals surface area contributed by atoms with Crippen LogP contribution in [0.1, 0.15) is 33.6 Å². The quantitative estimate of drug-likeness (QED) is 0.760. The molecule has 19 heavy (non-hydrogen) atoms. The SMILES string of the molecule is CCC(N)(CC)C(=O)Nc1cccc(NC(C)=O)c1. The van der Waals surface area contributed by atoms with E-state index in [-0.39, 0.29) is 11.8 Å². The first-order chi connectivity index (χ1) is 8.91. The lowest BCUT2D eigenvalue weighted by Gasteiger charge is -2.25. The standard InChI is InChI=1S/C14H21N3O2/c1-4-14(15,5-2)13(19)17-12-8-6-7-11(9-12)16-10(3)18/h6-9H,4-5,15H2,1-3H3,(H,16,18)(H,17,19). The number of rotatable bonds is 5. The van der Waals surface area contributed by atoms with E-state index in [4.69, 9.17) is 5.73 Å². The zero-order chi connectivity index (χ0) is 14.5. The van der Waals surface area contributed by atoms with Crippen molar-refractivity contribution in [1.29, 1.82) is 0 Å². The van der Waals surface area contributed by atoms with Gasteiger partial charge in [0.05, 0.1) is 5.54 Å². The van der Waals surface area contributed by atoms with Gasteiger partial charge in [-0.25, -0.2) is 0 Å². The van der Waals surface area contributed by atoms with E-state index in [9.17, 15) is 9.59 Å². The second-order valence-electron chi connectivity index (χ2n) is 4.58. The van der Waals surface area contributed by atoms with E-state index in [0.717, 1.165) is 0 Å². The van der Waals surface area contributed by atoms with Crippen LogP contribution >= 0.6 is 0 Å². The van der Waals surface area contributed by atoms with Gasteiger partial charge in [-0.2, -0.15) is 0 Å². The zero-order valence-corrected chi connectivity index (χ0v) is 11.6. The maximum absolute atomic E-state index is 12.1. The van der Waals surface area contributed by atoms with Crippen LogP contribution in [0.4, 0.5) is 11.4 Å². The molecule has 0 heterocycles. The largest absolute Gasteiger partial charge is 0.326 e. The number of amides is 2. The average molecular weight is 263 g/mol. The number of hydrogen-bond donors (Lipinski definition) is 3. The van der Waals surface area contributed by atoms with Crippen LogP contribution in [0.25, 0.3) is 0 Å². The summed E-state index contributed by atoms with van der Waals surface area (Å²) in [6.07, 6.45) is 1.14. The molecule has 0 aromatic heterocycles. The van der Waals surface area contributed by atoms with E-state index in [1.165, 1.54) is 6.92 Å². The molecule has 2 amide bonds. The minimum atomic E-state index is -0.857. The molecule has 0 spiro atoms. The van der Waals surface area contributed by atoms with E-state index in [1.807, 2.05) is 13.8 Å². The van der Waals surface area contributed by atoms with Crippen molar-refractivity contribution in [2.75, 3.05) is 10.6 Å². The third-order valence-corrected chi connectivity index (χ3v) is 3.15. The van der Waals surface area contributed by atoms with E-state index in [2.05, 4.69) is 10.6 Å². The summed E-state index contributed by atoms with van der Waals surface area (Å²) in [7, 11) is 0. The zero-order valence-electron chi connectivity index (χ0n) is 11.6. The van der Waals surface area contributed by atoms with Gasteiger partial charge < -0.3 is 16.4 Å². The Morgan fingerprint density at radius 3 is 2.16 bits per heavy atom. The van der Waals surface area contributed by atoms with Crippen molar-refractivity contribution in [2.24, 2.45) is 5.73 Å². The summed E-state index contributed by atoms with van der Waals surface area (Å²) in [4.78, 5) is 23.1. The minimum Gasteiger partial charge on any atom is -0.326 e. The molecule has 0 aliphatic carbocycles. The van der Waals surface area contributed by atoms with Crippen molar-refractivity contribution in [3.8, 4) is 0 Å². The highest BCUT2D eigenvalue weighted by molar-refractivity contribution is 5.98. The summed E-state index contributed by atoms with van der Waals surface area (Å²) in [5.41, 5.74) is 6.43. The van der Waals surface area contributed by atoms with Crippen LogP contribution in [0.5, 0.6) is 0 Å². The van der Waals surface area contributed by atoms with Gasteiger partial charge in [-0.15, -0.1) is 0 Å². The fourth-order valence-electron chi connectivity index (χ4n) is 1.70. The number of benzene rings is 1. The highest BCUT2D eigenvalue weighted by Crippen LogP contribution is 2.18. The maximum atomic E-state index is 12.1. The van der Waals surface area contributed by atoms with Gasteiger partial charge in [0.1, 0.15) is 0 Å². The summed E-state index contributed by atoms with van der Waals surface area (Å²) in [6, 6.07) is 6.98. The molecule has 1 rings (SSSR count). The van der Waals surface area contributed by atoms with Crippen LogP contribution in [0.15, 0.2) is 24.3 Å². The van der Waals surface area contributed by atoms with Crippen LogP contribution in [-0.2, 0) is 9.59 Å². The molecular formula is C14H21N3O2. The topological polar surface area (TPSA) is 84.2 Å². The highest BCUT2D eigenvalue weighted by atomic mass is 16.2. The predicted molar refractivity (Wildman–Crippen MR) is 76.9 cm³/mol. The van der Waals surface area contributed by atoms with Gasteiger partial charge in [-0.3, -0.25) is 9.59 Å². The number of nitrogens with two attached hydrogens (primary N) is 1. The molecule has 0 saturated heterocycles. The fraction of sp³-hybridized carbons (Fsp3) is 0.429. The Labute approximate surface area is 113 Å². The fourth-order valence-corrected chi connectivity index (χ4v) is 1.70. The molecule has 0 saturated carbocycles. The van der Waals surface area contributed by atoms with Gasteiger partial charge in [0.15, 0.2) is 0 Å². The molecular weight excluding hydrogens is 242 g/mol. The molecule has 0 unspecified atom stereocenters. The van der Waals surface area contributed by atoms with Gasteiger partial charge in [0, 0.05) is 18.3 Å². The second kappa shape index (κ2) is 6.33. The smallest absolute Gasteiger partial charge is 0.244 e. The van der Waals surface area contributed by atoms with Crippen molar-refractivity contribution in [3.05, 3.63) is 24.3 Å². The molecule has 5 heteroatoms. The Morgan fingerprint density at radius 1 is 1.16 bits per heavy atom. The lowest BCUT2D eigenvalue weighted by molar-refractivity contribution is -0.121. The van der Waals surface area contributed by atoms with Crippen LogP contribution in [0, 0.1) is 0 Å². The molecule has 5 nitrogen and oxygen atoms in total. The number of nitrogens with one attached hydrogen (secondary N) is 2. The van der Waals surface area contributed by atoms with Crippen LogP contribution in [-0.4, -0.2) is 17.4 Å². The minimum absolute atomic E-state index is 0.154. The first kappa shape index (κ1) is 15.2. The van der Waals surface area contributed by atoms with E-state index < -0.39 is 5.54 Å². The monoisotopic (exact) mass is 263 g/mol. The second-order valence-corrected chi connectivity index (χ2v) is 4.58. The highest BCUT2D eigenvalue weighted by Gasteiger charge is 2.29. The van der Waals surface area contributed by atoms with Crippen LogP contribution < -0.4 is 16.4 Å². The molecule has 1 aromatic rings. The van der Waals surface area contributed by atoms with Gasteiger partial charge in [0.25, 0.3) is 0 Å². The molecule has 0 atom stereocenters. The number of carbonyl (C=O) groups excluding carboxylic acids is 2. The summed E-state index contributed by atoms with van der Waals surface area (Å²) in [6.45, 7) is 5.21. The molecule has 1 aromatic carbocycles. The third-order valence-electron chi connectivity index (χ3n) is 3.15. The summed E-state index contributed by atoms with van der Waals surface area (Å²) in [5, 5.41) is 5.45. The first-order valence-electron chi connectivity index (χ1n) is 6.39. The molecule has 0 fully saturated rings. The van der Waals surface area contributed by atoms with Gasteiger partial charge in [-0.1, -0.05) is 19.9 Å². The van der Waals surface area contributed by atoms with E-state index >= 15 is 0 Å². The van der Waals surface area contributed by atoms with Crippen LogP contribution in [0.3, 0.4) is 0 Å². The molecule has 0 aliphatic rings. The van der Waals surface area contributed by atoms with Crippen molar-refractivity contribution in [1.82, 2.24) is 0 Å². The summed E-state index contributed by atoms with van der Waals surface area (Å²) >= 11 is 0. The Kier molecular flexibility index (Phi) is 5.06. The molecule has 4 N–H and O–H groups in total. The van der Waals surface area contributed by atoms with Crippen molar-refractivity contribution in [3.63, 3.8) is 0 Å². The van der Waals surface area contributed by atoms with Gasteiger partial charge in [-0.05, 0) is 31.0 Å². The molecule has 0 aliphatic heterocycles. The Morgan fingerprint density at radius 2 is 1.68 bits per heavy atom. The summed E-state index contributed by atoms with van der Waals surface area (Å²) in [5.74, 6) is -0.365. The normalized spacial score (nSPS) is 10.9. The Hall–Kier alpha value is -1.88. The van der Waals surface area contributed by atoms with Crippen LogP contribution in [0.2, 0.25) is 0 Å². The lowest BCUT2D eigenvalue weighted by atomic mass is 9.93. The molecule has 104 valence electrons. The lowest BCUT2D eigenvalue weighted by Crippen LogP contribution is -2.50. The average Bonchev–Trinajstić information content (AvgIpc) is 2.37. The Bertz CT molecular complexity index is 468. The van der Waals surface area contributed by atoms with E-state index in [1.54, 1.807) is 24.3 Å². The summed E-state index contributed by atoms with van der Waals surface area (Å²) < 4.78 is 0. The molecule has 0 radical (unpaired) electrons. The molecule has 0 bridgehead atoms. The van der Waals surface area contributed by atoms with Crippen molar-refractivity contribution >= 4 is 23.2 Å². The number of anilines is 2. The number of hydrogen-bond acceptors (Lipinski definition) is 3. The predicted octanol–water partition coefficient (Wildman–Crippen LogP) is 2.10. The third kappa shape index (κ3) is 4.06. The number of carbonyl (C=O) groups is 2. The Balaban J connectivity index is 2.82. The van der Waals surface area contributed by atoms with E-state index in [0.29, 0.717) is 24.2 Å². The van der Waals surface area contributed by atoms with Gasteiger partial charge in [0.2, 0.25) is 11.8 Å². The van der Waals surface area contributed by atoms with Gasteiger partial charge >= 0.3 is 0 Å². The van der Waals surface area contributed by atoms with Crippen molar-refractivity contribution < 1.29 is 9.59 Å². The first-order valence-corrected chi connectivity index (χ1v) is 6.39.